The number of para-hydroxylation sites is 1. The van der Waals surface area contributed by atoms with Gasteiger partial charge in [0.15, 0.2) is 0 Å². The molecule has 2 aromatic heterocycles. The van der Waals surface area contributed by atoms with Gasteiger partial charge in [0.05, 0.1) is 22.2 Å². The van der Waals surface area contributed by atoms with Crippen molar-refractivity contribution in [3.8, 4) is 33.4 Å². The third kappa shape index (κ3) is 5.19. The molecule has 0 atom stereocenters. The molecule has 11 rings (SSSR count). The molecule has 0 bridgehead atoms. The fourth-order valence-electron chi connectivity index (χ4n) is 8.81. The SMILES string of the molecule is c1ccc(-c2c3ccccc3n3c2ccc2c(N(c4ccc(-c5cccc6ccccc56)cc4)c4ccc(-c5cccc6ccccc56)cc4)cccc23)cc1. The molecule has 0 radical (unpaired) electrons. The minimum atomic E-state index is 1.10. The molecular formula is C54H36N2. The maximum absolute atomic E-state index is 2.45. The number of fused-ring (bicyclic) bond motifs is 7. The summed E-state index contributed by atoms with van der Waals surface area (Å²) in [6.45, 7) is 0. The number of nitrogens with zero attached hydrogens (tertiary/aromatic N) is 2. The Balaban J connectivity index is 1.11. The second-order valence-corrected chi connectivity index (χ2v) is 14.5. The quantitative estimate of drug-likeness (QED) is 0.167. The average Bonchev–Trinajstić information content (AvgIpc) is 3.62. The number of hydrogen-bond acceptors (Lipinski definition) is 1. The topological polar surface area (TPSA) is 7.65 Å². The Morgan fingerprint density at radius 1 is 0.286 bits per heavy atom. The fourth-order valence-corrected chi connectivity index (χ4v) is 8.81. The van der Waals surface area contributed by atoms with Crippen molar-refractivity contribution in [1.82, 2.24) is 4.40 Å². The van der Waals surface area contributed by atoms with E-state index in [0.29, 0.717) is 0 Å². The number of aromatic nitrogens is 1. The average molecular weight is 713 g/mol. The number of benzene rings is 9. The van der Waals surface area contributed by atoms with E-state index in [9.17, 15) is 0 Å². The molecule has 0 aliphatic heterocycles. The van der Waals surface area contributed by atoms with Crippen LogP contribution in [0.2, 0.25) is 0 Å². The third-order valence-corrected chi connectivity index (χ3v) is 11.4. The van der Waals surface area contributed by atoms with Gasteiger partial charge in [-0.2, -0.15) is 0 Å². The Bertz CT molecular complexity index is 3100. The van der Waals surface area contributed by atoms with E-state index in [4.69, 9.17) is 0 Å². The summed E-state index contributed by atoms with van der Waals surface area (Å²) in [6.07, 6.45) is 0. The Hall–Kier alpha value is -7.42. The van der Waals surface area contributed by atoms with Crippen LogP contribution in [0, 0.1) is 0 Å². The second kappa shape index (κ2) is 13.2. The third-order valence-electron chi connectivity index (χ3n) is 11.4. The van der Waals surface area contributed by atoms with Gasteiger partial charge in [0.2, 0.25) is 0 Å². The van der Waals surface area contributed by atoms with Gasteiger partial charge in [0, 0.05) is 27.7 Å². The maximum atomic E-state index is 2.45. The standard InChI is InChI=1S/C54H36N2/c1-2-15-41(16-3-1)54-49-21-8-9-24-52(49)56-51-26-12-25-50(48(51)35-36-53(54)56)55(42-31-27-39(28-32-42)46-22-10-17-37-13-4-6-19-44(37)46)43-33-29-40(30-34-43)47-23-11-18-38-14-5-7-20-45(38)47/h1-36H. The number of pyridine rings is 1. The zero-order valence-corrected chi connectivity index (χ0v) is 30.7. The molecular weight excluding hydrogens is 677 g/mol. The van der Waals surface area contributed by atoms with Crippen LogP contribution in [0.5, 0.6) is 0 Å². The Labute approximate surface area is 325 Å². The van der Waals surface area contributed by atoms with Crippen molar-refractivity contribution in [2.75, 3.05) is 4.90 Å². The molecule has 262 valence electrons. The van der Waals surface area contributed by atoms with Crippen LogP contribution in [0.15, 0.2) is 218 Å². The van der Waals surface area contributed by atoms with Gasteiger partial charge in [-0.05, 0) is 104 Å². The summed E-state index contributed by atoms with van der Waals surface area (Å²) in [5, 5.41) is 7.44. The van der Waals surface area contributed by atoms with E-state index in [1.165, 1.54) is 82.2 Å². The van der Waals surface area contributed by atoms with Crippen LogP contribution in [0.4, 0.5) is 17.1 Å². The molecule has 11 aromatic rings. The first kappa shape index (κ1) is 32.0. The smallest absolute Gasteiger partial charge is 0.0555 e. The van der Waals surface area contributed by atoms with Crippen molar-refractivity contribution in [2.45, 2.75) is 0 Å². The summed E-state index contributed by atoms with van der Waals surface area (Å²) in [7, 11) is 0. The van der Waals surface area contributed by atoms with Gasteiger partial charge in [0.25, 0.3) is 0 Å². The molecule has 2 heteroatoms. The lowest BCUT2D eigenvalue weighted by atomic mass is 9.97. The molecule has 9 aromatic carbocycles. The molecule has 0 spiro atoms. The summed E-state index contributed by atoms with van der Waals surface area (Å²) < 4.78 is 2.45. The summed E-state index contributed by atoms with van der Waals surface area (Å²) in [4.78, 5) is 2.41. The van der Waals surface area contributed by atoms with Crippen LogP contribution in [0.1, 0.15) is 0 Å². The van der Waals surface area contributed by atoms with Crippen molar-refractivity contribution in [3.63, 3.8) is 0 Å². The van der Waals surface area contributed by atoms with Gasteiger partial charge in [-0.3, -0.25) is 0 Å². The molecule has 0 unspecified atom stereocenters. The van der Waals surface area contributed by atoms with E-state index in [0.717, 1.165) is 17.1 Å². The van der Waals surface area contributed by atoms with Crippen molar-refractivity contribution < 1.29 is 0 Å². The predicted octanol–water partition coefficient (Wildman–Crippen LogP) is 15.0. The van der Waals surface area contributed by atoms with E-state index in [-0.39, 0.29) is 0 Å². The monoisotopic (exact) mass is 712 g/mol. The van der Waals surface area contributed by atoms with Crippen LogP contribution in [0.3, 0.4) is 0 Å². The van der Waals surface area contributed by atoms with E-state index >= 15 is 0 Å². The fraction of sp³-hybridized carbons (Fsp3) is 0. The molecule has 2 nitrogen and oxygen atoms in total. The second-order valence-electron chi connectivity index (χ2n) is 14.5. The van der Waals surface area contributed by atoms with Crippen molar-refractivity contribution in [2.24, 2.45) is 0 Å². The van der Waals surface area contributed by atoms with Crippen LogP contribution in [-0.4, -0.2) is 4.40 Å². The Kier molecular flexibility index (Phi) is 7.53. The molecule has 0 aliphatic rings. The van der Waals surface area contributed by atoms with Gasteiger partial charge in [-0.15, -0.1) is 0 Å². The van der Waals surface area contributed by atoms with Crippen molar-refractivity contribution in [3.05, 3.63) is 218 Å². The zero-order valence-electron chi connectivity index (χ0n) is 30.7. The summed E-state index contributed by atoms with van der Waals surface area (Å²) in [5.74, 6) is 0. The number of anilines is 3. The molecule has 0 N–H and O–H groups in total. The van der Waals surface area contributed by atoms with E-state index in [1.54, 1.807) is 0 Å². The molecule has 2 heterocycles. The molecule has 0 saturated heterocycles. The molecule has 0 fully saturated rings. The van der Waals surface area contributed by atoms with E-state index in [2.05, 4.69) is 228 Å². The lowest BCUT2D eigenvalue weighted by Crippen LogP contribution is -2.11. The molecule has 56 heavy (non-hydrogen) atoms. The molecule has 0 aliphatic carbocycles. The van der Waals surface area contributed by atoms with Gasteiger partial charge in [-0.1, -0.05) is 164 Å². The highest BCUT2D eigenvalue weighted by Crippen LogP contribution is 2.44. The Morgan fingerprint density at radius 2 is 0.768 bits per heavy atom. The first-order chi connectivity index (χ1) is 27.8. The summed E-state index contributed by atoms with van der Waals surface area (Å²) >= 11 is 0. The van der Waals surface area contributed by atoms with Crippen LogP contribution < -0.4 is 4.90 Å². The van der Waals surface area contributed by atoms with Crippen LogP contribution in [0.25, 0.3) is 82.2 Å². The Morgan fingerprint density at radius 3 is 1.39 bits per heavy atom. The highest BCUT2D eigenvalue weighted by Gasteiger charge is 2.20. The van der Waals surface area contributed by atoms with E-state index < -0.39 is 0 Å². The number of rotatable bonds is 6. The maximum Gasteiger partial charge on any atom is 0.0555 e. The lowest BCUT2D eigenvalue weighted by Gasteiger charge is -2.27. The summed E-state index contributed by atoms with van der Waals surface area (Å²) in [6, 6.07) is 79.4. The minimum absolute atomic E-state index is 1.10. The predicted molar refractivity (Wildman–Crippen MR) is 238 cm³/mol. The number of hydrogen-bond donors (Lipinski definition) is 0. The van der Waals surface area contributed by atoms with Crippen molar-refractivity contribution in [1.29, 1.82) is 0 Å². The van der Waals surface area contributed by atoms with E-state index in [1.807, 2.05) is 0 Å². The van der Waals surface area contributed by atoms with Gasteiger partial charge >= 0.3 is 0 Å². The zero-order chi connectivity index (χ0) is 37.0. The first-order valence-corrected chi connectivity index (χ1v) is 19.3. The highest BCUT2D eigenvalue weighted by atomic mass is 15.1. The molecule has 0 saturated carbocycles. The van der Waals surface area contributed by atoms with Crippen LogP contribution >= 0.6 is 0 Å². The van der Waals surface area contributed by atoms with Gasteiger partial charge in [-0.25, -0.2) is 0 Å². The van der Waals surface area contributed by atoms with Gasteiger partial charge in [0.1, 0.15) is 0 Å². The minimum Gasteiger partial charge on any atom is -0.310 e. The lowest BCUT2D eigenvalue weighted by molar-refractivity contribution is 1.28. The highest BCUT2D eigenvalue weighted by molar-refractivity contribution is 6.10. The molecule has 0 amide bonds. The van der Waals surface area contributed by atoms with Crippen LogP contribution in [-0.2, 0) is 0 Å². The largest absolute Gasteiger partial charge is 0.310 e. The summed E-state index contributed by atoms with van der Waals surface area (Å²) in [5.41, 5.74) is 14.3. The normalized spacial score (nSPS) is 11.6. The van der Waals surface area contributed by atoms with Gasteiger partial charge < -0.3 is 9.30 Å². The van der Waals surface area contributed by atoms with Crippen molar-refractivity contribution >= 4 is 65.9 Å². The first-order valence-electron chi connectivity index (χ1n) is 19.3.